The van der Waals surface area contributed by atoms with Crippen LogP contribution in [0.2, 0.25) is 20.2 Å². The summed E-state index contributed by atoms with van der Waals surface area (Å²) in [6.45, 7) is 1.40. The predicted molar refractivity (Wildman–Crippen MR) is 94.2 cm³/mol. The number of benzene rings is 1. The Balaban J connectivity index is 2.05. The zero-order chi connectivity index (χ0) is 17.9. The van der Waals surface area contributed by atoms with Crippen molar-refractivity contribution in [2.45, 2.75) is 13.0 Å². The summed E-state index contributed by atoms with van der Waals surface area (Å²) in [4.78, 5) is 27.9. The molecule has 0 spiro atoms. The molecule has 5 nitrogen and oxygen atoms in total. The molecule has 1 atom stereocenters. The van der Waals surface area contributed by atoms with E-state index >= 15 is 0 Å². The largest absolute Gasteiger partial charge is 0.448 e. The van der Waals surface area contributed by atoms with Crippen molar-refractivity contribution in [1.29, 1.82) is 0 Å². The van der Waals surface area contributed by atoms with E-state index in [4.69, 9.17) is 51.1 Å². The number of rotatable bonds is 4. The van der Waals surface area contributed by atoms with Gasteiger partial charge in [-0.15, -0.1) is 0 Å². The number of halogens is 4. The van der Waals surface area contributed by atoms with Crippen LogP contribution in [-0.2, 0) is 9.53 Å². The lowest BCUT2D eigenvalue weighted by Gasteiger charge is -2.14. The van der Waals surface area contributed by atoms with Gasteiger partial charge in [-0.3, -0.25) is 4.79 Å². The smallest absolute Gasteiger partial charge is 0.359 e. The van der Waals surface area contributed by atoms with Crippen molar-refractivity contribution in [3.05, 3.63) is 56.2 Å². The van der Waals surface area contributed by atoms with Gasteiger partial charge in [0.15, 0.2) is 11.8 Å². The normalized spacial score (nSPS) is 11.7. The molecule has 0 bridgehead atoms. The maximum atomic E-state index is 12.1. The van der Waals surface area contributed by atoms with Crippen LogP contribution in [0, 0.1) is 0 Å². The number of carbonyl (C=O) groups excluding carboxylic acids is 2. The molecule has 126 valence electrons. The highest BCUT2D eigenvalue weighted by Crippen LogP contribution is 2.23. The number of hydrogen-bond acceptors (Lipinski definition) is 4. The molecular weight excluding hydrogens is 398 g/mol. The van der Waals surface area contributed by atoms with Gasteiger partial charge < -0.3 is 10.1 Å². The molecule has 1 heterocycles. The summed E-state index contributed by atoms with van der Waals surface area (Å²) in [6.07, 6.45) is -1.10. The second kappa shape index (κ2) is 8.03. The summed E-state index contributed by atoms with van der Waals surface area (Å²) >= 11 is 23.3. The van der Waals surface area contributed by atoms with Crippen LogP contribution < -0.4 is 5.32 Å². The van der Waals surface area contributed by atoms with Gasteiger partial charge in [-0.1, -0.05) is 46.4 Å². The fourth-order valence-electron chi connectivity index (χ4n) is 1.70. The summed E-state index contributed by atoms with van der Waals surface area (Å²) in [5.41, 5.74) is 0.203. The highest BCUT2D eigenvalue weighted by molar-refractivity contribution is 6.35. The molecule has 0 radical (unpaired) electrons. The summed E-state index contributed by atoms with van der Waals surface area (Å²) in [5.74, 6) is -1.44. The third-order valence-corrected chi connectivity index (χ3v) is 3.74. The fourth-order valence-corrected chi connectivity index (χ4v) is 2.56. The first-order valence-corrected chi connectivity index (χ1v) is 8.07. The molecule has 1 aromatic heterocycles. The summed E-state index contributed by atoms with van der Waals surface area (Å²) in [5, 5.41) is 3.41. The van der Waals surface area contributed by atoms with Crippen molar-refractivity contribution in [3.8, 4) is 0 Å². The third-order valence-electron chi connectivity index (χ3n) is 2.79. The zero-order valence-corrected chi connectivity index (χ0v) is 15.2. The number of nitrogens with one attached hydrogen (secondary N) is 1. The van der Waals surface area contributed by atoms with Crippen LogP contribution in [0.15, 0.2) is 30.3 Å². The van der Waals surface area contributed by atoms with E-state index in [2.05, 4.69) is 10.3 Å². The van der Waals surface area contributed by atoms with Gasteiger partial charge in [-0.05, 0) is 37.3 Å². The summed E-state index contributed by atoms with van der Waals surface area (Å²) in [7, 11) is 0. The highest BCUT2D eigenvalue weighted by Gasteiger charge is 2.22. The fraction of sp³-hybridized carbons (Fsp3) is 0.133. The van der Waals surface area contributed by atoms with E-state index in [-0.39, 0.29) is 15.9 Å². The predicted octanol–water partition coefficient (Wildman–Crippen LogP) is 4.88. The van der Waals surface area contributed by atoms with Gasteiger partial charge in [0.2, 0.25) is 0 Å². The van der Waals surface area contributed by atoms with Crippen molar-refractivity contribution in [2.24, 2.45) is 0 Å². The van der Waals surface area contributed by atoms with E-state index in [9.17, 15) is 9.59 Å². The number of aromatic nitrogens is 1. The van der Waals surface area contributed by atoms with Gasteiger partial charge in [0.05, 0.1) is 5.02 Å². The minimum atomic E-state index is -1.10. The Bertz CT molecular complexity index is 778. The van der Waals surface area contributed by atoms with Crippen LogP contribution in [0.3, 0.4) is 0 Å². The molecule has 2 aromatic rings. The van der Waals surface area contributed by atoms with E-state index in [1.165, 1.54) is 37.3 Å². The molecule has 0 saturated carbocycles. The number of esters is 1. The number of amides is 1. The van der Waals surface area contributed by atoms with Crippen molar-refractivity contribution < 1.29 is 14.3 Å². The van der Waals surface area contributed by atoms with Gasteiger partial charge in [0, 0.05) is 15.7 Å². The second-order valence-corrected chi connectivity index (χ2v) is 6.33. The average Bonchev–Trinajstić information content (AvgIpc) is 2.48. The molecule has 1 amide bonds. The monoisotopic (exact) mass is 406 g/mol. The van der Waals surface area contributed by atoms with Gasteiger partial charge in [0.1, 0.15) is 5.15 Å². The summed E-state index contributed by atoms with van der Waals surface area (Å²) in [6, 6.07) is 7.38. The van der Waals surface area contributed by atoms with Gasteiger partial charge in [-0.25, -0.2) is 9.78 Å². The standard InChI is InChI=1S/C15H10Cl4N2O3/c1-7(14(22)20-10-5-8(16)4-9(17)6-10)24-15(23)13-11(18)2-3-12(19)21-13/h2-7H,1H3,(H,20,22)/t7-/m1/s1. The van der Waals surface area contributed by atoms with Gasteiger partial charge in [-0.2, -0.15) is 0 Å². The number of carbonyl (C=O) groups is 2. The topological polar surface area (TPSA) is 68.3 Å². The first kappa shape index (κ1) is 18.8. The van der Waals surface area contributed by atoms with Crippen LogP contribution in [0.1, 0.15) is 17.4 Å². The molecule has 0 fully saturated rings. The molecule has 9 heteroatoms. The minimum Gasteiger partial charge on any atom is -0.448 e. The molecule has 0 aliphatic rings. The van der Waals surface area contributed by atoms with Crippen LogP contribution in [0.5, 0.6) is 0 Å². The van der Waals surface area contributed by atoms with Crippen LogP contribution in [0.4, 0.5) is 5.69 Å². The van der Waals surface area contributed by atoms with E-state index in [0.717, 1.165) is 0 Å². The lowest BCUT2D eigenvalue weighted by Crippen LogP contribution is -2.30. The van der Waals surface area contributed by atoms with Crippen molar-refractivity contribution in [1.82, 2.24) is 4.98 Å². The van der Waals surface area contributed by atoms with E-state index in [1.54, 1.807) is 0 Å². The molecule has 0 saturated heterocycles. The molecular formula is C15H10Cl4N2O3. The Morgan fingerprint density at radius 1 is 1.08 bits per heavy atom. The Morgan fingerprint density at radius 3 is 2.33 bits per heavy atom. The summed E-state index contributed by atoms with van der Waals surface area (Å²) < 4.78 is 5.04. The maximum absolute atomic E-state index is 12.1. The number of nitrogens with zero attached hydrogens (tertiary/aromatic N) is 1. The lowest BCUT2D eigenvalue weighted by atomic mass is 10.3. The quantitative estimate of drug-likeness (QED) is 0.579. The molecule has 2 rings (SSSR count). The Kier molecular flexibility index (Phi) is 6.29. The first-order valence-electron chi connectivity index (χ1n) is 6.56. The van der Waals surface area contributed by atoms with Crippen LogP contribution >= 0.6 is 46.4 Å². The Hall–Kier alpha value is -1.53. The molecule has 0 unspecified atom stereocenters. The number of ether oxygens (including phenoxy) is 1. The van der Waals surface area contributed by atoms with E-state index in [1.807, 2.05) is 0 Å². The average molecular weight is 408 g/mol. The van der Waals surface area contributed by atoms with Gasteiger partial charge >= 0.3 is 5.97 Å². The van der Waals surface area contributed by atoms with Gasteiger partial charge in [0.25, 0.3) is 5.91 Å². The second-order valence-electron chi connectivity index (χ2n) is 4.66. The minimum absolute atomic E-state index is 0.0682. The number of anilines is 1. The van der Waals surface area contributed by atoms with Crippen LogP contribution in [-0.4, -0.2) is 23.0 Å². The molecule has 0 aliphatic heterocycles. The van der Waals surface area contributed by atoms with Crippen molar-refractivity contribution in [2.75, 3.05) is 5.32 Å². The zero-order valence-electron chi connectivity index (χ0n) is 12.1. The maximum Gasteiger partial charge on any atom is 0.359 e. The third kappa shape index (κ3) is 4.98. The first-order chi connectivity index (χ1) is 11.3. The molecule has 24 heavy (non-hydrogen) atoms. The SMILES string of the molecule is C[C@@H](OC(=O)c1nc(Cl)ccc1Cl)C(=O)Nc1cc(Cl)cc(Cl)c1. The highest BCUT2D eigenvalue weighted by atomic mass is 35.5. The van der Waals surface area contributed by atoms with Crippen LogP contribution in [0.25, 0.3) is 0 Å². The Morgan fingerprint density at radius 2 is 1.71 bits per heavy atom. The Labute approximate surface area is 157 Å². The van der Waals surface area contributed by atoms with Crippen molar-refractivity contribution >= 4 is 64.0 Å². The molecule has 1 N–H and O–H groups in total. The van der Waals surface area contributed by atoms with Crippen molar-refractivity contribution in [3.63, 3.8) is 0 Å². The number of pyridine rings is 1. The molecule has 1 aromatic carbocycles. The molecule has 0 aliphatic carbocycles. The number of hydrogen-bond donors (Lipinski definition) is 1. The van der Waals surface area contributed by atoms with E-state index < -0.39 is 18.0 Å². The van der Waals surface area contributed by atoms with E-state index in [0.29, 0.717) is 15.7 Å². The lowest BCUT2D eigenvalue weighted by molar-refractivity contribution is -0.123.